The summed E-state index contributed by atoms with van der Waals surface area (Å²) in [6.07, 6.45) is 0.792. The van der Waals surface area contributed by atoms with Crippen LogP contribution in [0.4, 0.5) is 4.39 Å². The van der Waals surface area contributed by atoms with Crippen LogP contribution in [0.15, 0.2) is 42.5 Å². The molecular formula is C22H24ClFN2O3. The Morgan fingerprint density at radius 3 is 2.24 bits per heavy atom. The zero-order valence-electron chi connectivity index (χ0n) is 16.2. The van der Waals surface area contributed by atoms with Gasteiger partial charge >= 0.3 is 0 Å². The molecular weight excluding hydrogens is 395 g/mol. The lowest BCUT2D eigenvalue weighted by molar-refractivity contribution is 0.0927. The summed E-state index contributed by atoms with van der Waals surface area (Å²) in [5.41, 5.74) is 1.85. The molecule has 3 rings (SSSR count). The third-order valence-corrected chi connectivity index (χ3v) is 5.28. The maximum Gasteiger partial charge on any atom is 0.251 e. The van der Waals surface area contributed by atoms with Crippen molar-refractivity contribution in [1.29, 1.82) is 0 Å². The van der Waals surface area contributed by atoms with Gasteiger partial charge in [0.15, 0.2) is 0 Å². The number of hydrogen-bond donors (Lipinski definition) is 2. The molecule has 1 aliphatic carbocycles. The highest BCUT2D eigenvalue weighted by molar-refractivity contribution is 6.31. The van der Waals surface area contributed by atoms with Crippen LogP contribution in [0.2, 0.25) is 5.02 Å². The molecule has 1 saturated carbocycles. The fraction of sp³-hybridized carbons (Fsp3) is 0.364. The lowest BCUT2D eigenvalue weighted by Crippen LogP contribution is -2.34. The van der Waals surface area contributed by atoms with Crippen LogP contribution in [0.25, 0.3) is 0 Å². The molecule has 0 radical (unpaired) electrons. The molecule has 1 fully saturated rings. The minimum Gasteiger partial charge on any atom is -0.490 e. The molecule has 0 aliphatic heterocycles. The van der Waals surface area contributed by atoms with Gasteiger partial charge in [-0.05, 0) is 67.8 Å². The zero-order valence-corrected chi connectivity index (χ0v) is 17.0. The standard InChI is InChI=1S/C22H24ClFN2O3/c1-14-12-16(4-9-20(14)23)22(28)26-11-10-25-21(27)15-2-6-18(7-3-15)29-19-8-5-17(24)13-19/h2-4,6-7,9,12,17,19H,5,8,10-11,13H2,1H3,(H,25,27)(H,26,28)/t17-,19-/m1/s1. The van der Waals surface area contributed by atoms with Crippen LogP contribution in [0.5, 0.6) is 5.75 Å². The van der Waals surface area contributed by atoms with Crippen molar-refractivity contribution in [3.05, 3.63) is 64.2 Å². The second-order valence-electron chi connectivity index (χ2n) is 7.15. The lowest BCUT2D eigenvalue weighted by Gasteiger charge is -2.13. The normalized spacial score (nSPS) is 18.3. The van der Waals surface area contributed by atoms with Gasteiger partial charge in [0.1, 0.15) is 18.0 Å². The second-order valence-corrected chi connectivity index (χ2v) is 7.56. The van der Waals surface area contributed by atoms with E-state index in [-0.39, 0.29) is 17.9 Å². The number of aryl methyl sites for hydroxylation is 1. The molecule has 0 spiro atoms. The van der Waals surface area contributed by atoms with Gasteiger partial charge in [0.25, 0.3) is 11.8 Å². The molecule has 2 atom stereocenters. The summed E-state index contributed by atoms with van der Waals surface area (Å²) in [5.74, 6) is 0.173. The van der Waals surface area contributed by atoms with Gasteiger partial charge < -0.3 is 15.4 Å². The molecule has 1 aliphatic rings. The molecule has 5 nitrogen and oxygen atoms in total. The van der Waals surface area contributed by atoms with Crippen LogP contribution < -0.4 is 15.4 Å². The van der Waals surface area contributed by atoms with Crippen molar-refractivity contribution in [3.63, 3.8) is 0 Å². The molecule has 0 bridgehead atoms. The Morgan fingerprint density at radius 1 is 1.03 bits per heavy atom. The predicted octanol–water partition coefficient (Wildman–Crippen LogP) is 4.08. The second kappa shape index (κ2) is 9.74. The van der Waals surface area contributed by atoms with Gasteiger partial charge in [0.05, 0.1) is 0 Å². The summed E-state index contributed by atoms with van der Waals surface area (Å²) < 4.78 is 18.9. The van der Waals surface area contributed by atoms with Crippen molar-refractivity contribution in [2.24, 2.45) is 0 Å². The average Bonchev–Trinajstić information content (AvgIpc) is 3.12. The molecule has 154 valence electrons. The van der Waals surface area contributed by atoms with Gasteiger partial charge in [0.2, 0.25) is 0 Å². The Labute approximate surface area is 174 Å². The smallest absolute Gasteiger partial charge is 0.251 e. The lowest BCUT2D eigenvalue weighted by atomic mass is 10.1. The molecule has 0 aromatic heterocycles. The van der Waals surface area contributed by atoms with Crippen molar-refractivity contribution < 1.29 is 18.7 Å². The largest absolute Gasteiger partial charge is 0.490 e. The zero-order chi connectivity index (χ0) is 20.8. The Hall–Kier alpha value is -2.60. The van der Waals surface area contributed by atoms with Crippen LogP contribution in [-0.2, 0) is 0 Å². The van der Waals surface area contributed by atoms with Gasteiger partial charge in [0, 0.05) is 35.7 Å². The summed E-state index contributed by atoms with van der Waals surface area (Å²) >= 11 is 5.96. The number of nitrogens with one attached hydrogen (secondary N) is 2. The number of alkyl halides is 1. The molecule has 0 unspecified atom stereocenters. The van der Waals surface area contributed by atoms with Crippen molar-refractivity contribution in [2.45, 2.75) is 38.5 Å². The first-order chi connectivity index (χ1) is 13.9. The van der Waals surface area contributed by atoms with E-state index < -0.39 is 6.17 Å². The highest BCUT2D eigenvalue weighted by Gasteiger charge is 2.25. The van der Waals surface area contributed by atoms with Crippen LogP contribution in [0.3, 0.4) is 0 Å². The Balaban J connectivity index is 1.41. The van der Waals surface area contributed by atoms with Crippen molar-refractivity contribution >= 4 is 23.4 Å². The van der Waals surface area contributed by atoms with E-state index in [0.717, 1.165) is 5.56 Å². The third kappa shape index (κ3) is 5.94. The maximum atomic E-state index is 13.2. The van der Waals surface area contributed by atoms with Crippen molar-refractivity contribution in [1.82, 2.24) is 10.6 Å². The Morgan fingerprint density at radius 2 is 1.66 bits per heavy atom. The van der Waals surface area contributed by atoms with Crippen molar-refractivity contribution in [3.8, 4) is 5.75 Å². The molecule has 7 heteroatoms. The molecule has 29 heavy (non-hydrogen) atoms. The fourth-order valence-corrected chi connectivity index (χ4v) is 3.33. The van der Waals surface area contributed by atoms with E-state index in [9.17, 15) is 14.0 Å². The van der Waals surface area contributed by atoms with Crippen LogP contribution >= 0.6 is 11.6 Å². The number of ether oxygens (including phenoxy) is 1. The number of rotatable bonds is 7. The monoisotopic (exact) mass is 418 g/mol. The van der Waals surface area contributed by atoms with E-state index in [4.69, 9.17) is 16.3 Å². The van der Waals surface area contributed by atoms with Crippen LogP contribution in [0.1, 0.15) is 45.5 Å². The summed E-state index contributed by atoms with van der Waals surface area (Å²) in [6, 6.07) is 11.8. The van der Waals surface area contributed by atoms with E-state index in [0.29, 0.717) is 54.3 Å². The van der Waals surface area contributed by atoms with E-state index in [2.05, 4.69) is 10.6 Å². The van der Waals surface area contributed by atoms with E-state index >= 15 is 0 Å². The Kier molecular flexibility index (Phi) is 7.09. The van der Waals surface area contributed by atoms with E-state index in [1.54, 1.807) is 42.5 Å². The van der Waals surface area contributed by atoms with Gasteiger partial charge in [-0.1, -0.05) is 11.6 Å². The quantitative estimate of drug-likeness (QED) is 0.666. The van der Waals surface area contributed by atoms with E-state index in [1.807, 2.05) is 6.92 Å². The highest BCUT2D eigenvalue weighted by Crippen LogP contribution is 2.26. The third-order valence-electron chi connectivity index (χ3n) is 4.86. The van der Waals surface area contributed by atoms with Crippen LogP contribution in [0, 0.1) is 6.92 Å². The first-order valence-electron chi connectivity index (χ1n) is 9.65. The molecule has 2 aromatic carbocycles. The summed E-state index contributed by atoms with van der Waals surface area (Å²) in [4.78, 5) is 24.3. The first kappa shape index (κ1) is 21.1. The van der Waals surface area contributed by atoms with Gasteiger partial charge in [-0.15, -0.1) is 0 Å². The number of carbonyl (C=O) groups excluding carboxylic acids is 2. The average molecular weight is 419 g/mol. The van der Waals surface area contributed by atoms with Crippen LogP contribution in [-0.4, -0.2) is 37.2 Å². The number of halogens is 2. The number of benzene rings is 2. The van der Waals surface area contributed by atoms with Crippen molar-refractivity contribution in [2.75, 3.05) is 13.1 Å². The Bertz CT molecular complexity index is 873. The molecule has 0 saturated heterocycles. The molecule has 2 aromatic rings. The predicted molar refractivity (Wildman–Crippen MR) is 110 cm³/mol. The minimum atomic E-state index is -0.783. The summed E-state index contributed by atoms with van der Waals surface area (Å²) in [7, 11) is 0. The van der Waals surface area contributed by atoms with Gasteiger partial charge in [-0.25, -0.2) is 4.39 Å². The minimum absolute atomic E-state index is 0.0993. The first-order valence-corrected chi connectivity index (χ1v) is 10.0. The SMILES string of the molecule is Cc1cc(C(=O)NCCNC(=O)c2ccc(O[C@@H]3CC[C@@H](F)C3)cc2)ccc1Cl. The maximum absolute atomic E-state index is 13.2. The number of amides is 2. The molecule has 2 N–H and O–H groups in total. The number of carbonyl (C=O) groups is 2. The fourth-order valence-electron chi connectivity index (χ4n) is 3.21. The van der Waals surface area contributed by atoms with Gasteiger partial charge in [-0.3, -0.25) is 9.59 Å². The highest BCUT2D eigenvalue weighted by atomic mass is 35.5. The van der Waals surface area contributed by atoms with E-state index in [1.165, 1.54) is 0 Å². The number of hydrogen-bond acceptors (Lipinski definition) is 3. The van der Waals surface area contributed by atoms with Gasteiger partial charge in [-0.2, -0.15) is 0 Å². The topological polar surface area (TPSA) is 67.4 Å². The molecule has 0 heterocycles. The molecule has 2 amide bonds. The summed E-state index contributed by atoms with van der Waals surface area (Å²) in [6.45, 7) is 2.44. The summed E-state index contributed by atoms with van der Waals surface area (Å²) in [5, 5.41) is 6.13.